The molecular weight excluding hydrogens is 480 g/mol. The topological polar surface area (TPSA) is 32.8 Å². The maximum absolute atomic E-state index is 14.2. The molecule has 2 saturated carbocycles. The van der Waals surface area contributed by atoms with Gasteiger partial charge < -0.3 is 14.5 Å². The van der Waals surface area contributed by atoms with E-state index < -0.39 is 0 Å². The van der Waals surface area contributed by atoms with E-state index in [0.717, 1.165) is 55.0 Å². The number of hydrogen-bond donors (Lipinski definition) is 0. The first kappa shape index (κ1) is 26.4. The van der Waals surface area contributed by atoms with Crippen LogP contribution >= 0.6 is 0 Å². The minimum Gasteiger partial charge on any atom is -0.497 e. The molecule has 0 N–H and O–H groups in total. The summed E-state index contributed by atoms with van der Waals surface area (Å²) < 4.78 is 5.69. The second kappa shape index (κ2) is 11.0. The number of carbonyl (C=O) groups is 1. The van der Waals surface area contributed by atoms with Gasteiger partial charge >= 0.3 is 0 Å². The molecule has 1 aliphatic heterocycles. The minimum absolute atomic E-state index is 0.0798. The predicted molar refractivity (Wildman–Crippen MR) is 159 cm³/mol. The molecule has 3 aromatic carbocycles. The standard InChI is InChI=1S/C35H44N2O2/c1-25(2)22-37(34(38)29-14-13-27-7-4-5-8-28(27)19-29)32-16-15-31-24-36(23-26-11-12-26)18-17-35(31,21-32)30-9-6-10-33(20-30)39-3/h4-10,13-14,19-20,25-26,31-32H,11-12,15-18,21-24H2,1-3H3/t31-,32+,35+/m1/s1. The zero-order chi connectivity index (χ0) is 27.0. The largest absolute Gasteiger partial charge is 0.497 e. The predicted octanol–water partition coefficient (Wildman–Crippen LogP) is 7.17. The van der Waals surface area contributed by atoms with Gasteiger partial charge in [0.25, 0.3) is 5.91 Å². The molecule has 0 radical (unpaired) electrons. The number of likely N-dealkylation sites (tertiary alicyclic amines) is 1. The summed E-state index contributed by atoms with van der Waals surface area (Å²) in [4.78, 5) is 19.2. The number of rotatable bonds is 8. The van der Waals surface area contributed by atoms with E-state index in [9.17, 15) is 4.79 Å². The first-order chi connectivity index (χ1) is 18.9. The van der Waals surface area contributed by atoms with E-state index in [4.69, 9.17) is 4.74 Å². The Morgan fingerprint density at radius 1 is 1.00 bits per heavy atom. The van der Waals surface area contributed by atoms with Gasteiger partial charge in [0.15, 0.2) is 0 Å². The van der Waals surface area contributed by atoms with E-state index in [2.05, 4.69) is 84.3 Å². The Balaban J connectivity index is 1.32. The molecule has 0 unspecified atom stereocenters. The van der Waals surface area contributed by atoms with Crippen LogP contribution in [0.2, 0.25) is 0 Å². The molecule has 1 amide bonds. The van der Waals surface area contributed by atoms with Crippen molar-refractivity contribution in [2.45, 2.75) is 63.8 Å². The molecule has 3 atom stereocenters. The van der Waals surface area contributed by atoms with Crippen LogP contribution < -0.4 is 4.74 Å². The quantitative estimate of drug-likeness (QED) is 0.313. The van der Waals surface area contributed by atoms with Gasteiger partial charge in [-0.2, -0.15) is 0 Å². The lowest BCUT2D eigenvalue weighted by Gasteiger charge is -2.55. The van der Waals surface area contributed by atoms with Crippen molar-refractivity contribution in [3.05, 3.63) is 77.9 Å². The Bertz CT molecular complexity index is 1310. The number of methoxy groups -OCH3 is 1. The Labute approximate surface area is 234 Å². The van der Waals surface area contributed by atoms with Crippen molar-refractivity contribution in [2.75, 3.05) is 33.3 Å². The molecule has 3 fully saturated rings. The van der Waals surface area contributed by atoms with E-state index >= 15 is 0 Å². The monoisotopic (exact) mass is 524 g/mol. The Morgan fingerprint density at radius 2 is 1.82 bits per heavy atom. The summed E-state index contributed by atoms with van der Waals surface area (Å²) in [6.45, 7) is 8.88. The highest BCUT2D eigenvalue weighted by Crippen LogP contribution is 2.51. The van der Waals surface area contributed by atoms with Crippen molar-refractivity contribution in [2.24, 2.45) is 17.8 Å². The van der Waals surface area contributed by atoms with E-state index in [0.29, 0.717) is 11.8 Å². The zero-order valence-electron chi connectivity index (χ0n) is 23.9. The summed E-state index contributed by atoms with van der Waals surface area (Å²) in [5.74, 6) is 3.08. The molecule has 4 heteroatoms. The fourth-order valence-corrected chi connectivity index (χ4v) is 7.50. The number of nitrogens with zero attached hydrogens (tertiary/aromatic N) is 2. The van der Waals surface area contributed by atoms with Crippen molar-refractivity contribution in [3.63, 3.8) is 0 Å². The molecule has 206 valence electrons. The average molecular weight is 525 g/mol. The third kappa shape index (κ3) is 5.45. The number of ether oxygens (including phenoxy) is 1. The number of fused-ring (bicyclic) bond motifs is 2. The van der Waals surface area contributed by atoms with Crippen LogP contribution in [-0.2, 0) is 5.41 Å². The Kier molecular flexibility index (Phi) is 7.41. The maximum atomic E-state index is 14.2. The molecule has 1 heterocycles. The van der Waals surface area contributed by atoms with Crippen LogP contribution in [0.5, 0.6) is 5.75 Å². The van der Waals surface area contributed by atoms with Crippen molar-refractivity contribution < 1.29 is 9.53 Å². The third-order valence-electron chi connectivity index (χ3n) is 9.70. The molecule has 39 heavy (non-hydrogen) atoms. The molecule has 0 bridgehead atoms. The van der Waals surface area contributed by atoms with Gasteiger partial charge in [-0.3, -0.25) is 4.79 Å². The first-order valence-electron chi connectivity index (χ1n) is 15.1. The number of hydrogen-bond acceptors (Lipinski definition) is 3. The van der Waals surface area contributed by atoms with E-state index in [1.165, 1.54) is 43.3 Å². The van der Waals surface area contributed by atoms with Crippen LogP contribution in [0, 0.1) is 17.8 Å². The zero-order valence-corrected chi connectivity index (χ0v) is 23.9. The van der Waals surface area contributed by atoms with Gasteiger partial charge in [0, 0.05) is 36.7 Å². The summed E-state index contributed by atoms with van der Waals surface area (Å²) >= 11 is 0. The van der Waals surface area contributed by atoms with Gasteiger partial charge in [-0.05, 0) is 103 Å². The van der Waals surface area contributed by atoms with Gasteiger partial charge in [-0.15, -0.1) is 0 Å². The fraction of sp³-hybridized carbons (Fsp3) is 0.514. The maximum Gasteiger partial charge on any atom is 0.254 e. The number of piperidine rings is 1. The molecule has 4 nitrogen and oxygen atoms in total. The highest BCUT2D eigenvalue weighted by Gasteiger charge is 2.50. The van der Waals surface area contributed by atoms with E-state index in [1.54, 1.807) is 7.11 Å². The lowest BCUT2D eigenvalue weighted by Crippen LogP contribution is -2.57. The number of carbonyl (C=O) groups excluding carboxylic acids is 1. The molecule has 1 saturated heterocycles. The van der Waals surface area contributed by atoms with E-state index in [-0.39, 0.29) is 17.4 Å². The van der Waals surface area contributed by atoms with Crippen LogP contribution in [-0.4, -0.2) is 55.0 Å². The number of benzene rings is 3. The summed E-state index contributed by atoms with van der Waals surface area (Å²) in [5, 5.41) is 2.31. The van der Waals surface area contributed by atoms with Gasteiger partial charge in [0.2, 0.25) is 0 Å². The first-order valence-corrected chi connectivity index (χ1v) is 15.1. The second-order valence-corrected chi connectivity index (χ2v) is 12.9. The lowest BCUT2D eigenvalue weighted by molar-refractivity contribution is 0.00990. The van der Waals surface area contributed by atoms with Gasteiger partial charge in [0.1, 0.15) is 5.75 Å². The molecule has 3 aliphatic rings. The molecule has 2 aliphatic carbocycles. The second-order valence-electron chi connectivity index (χ2n) is 12.9. The van der Waals surface area contributed by atoms with Crippen molar-refractivity contribution in [1.29, 1.82) is 0 Å². The smallest absolute Gasteiger partial charge is 0.254 e. The summed E-state index contributed by atoms with van der Waals surface area (Å²) in [5.41, 5.74) is 2.30. The van der Waals surface area contributed by atoms with Gasteiger partial charge in [-0.25, -0.2) is 0 Å². The number of amides is 1. The van der Waals surface area contributed by atoms with Crippen molar-refractivity contribution in [1.82, 2.24) is 9.80 Å². The Hall–Kier alpha value is -2.85. The molecule has 3 aromatic rings. The van der Waals surface area contributed by atoms with E-state index in [1.807, 2.05) is 6.07 Å². The normalized spacial score (nSPS) is 25.4. The highest BCUT2D eigenvalue weighted by molar-refractivity contribution is 5.98. The SMILES string of the molecule is COc1cccc([C@@]23CCN(CC4CC4)C[C@H]2CC[C@H](N(CC(C)C)C(=O)c2ccc4ccccc4c2)C3)c1. The molecular formula is C35H44N2O2. The summed E-state index contributed by atoms with van der Waals surface area (Å²) in [6.07, 6.45) is 7.26. The fourth-order valence-electron chi connectivity index (χ4n) is 7.50. The average Bonchev–Trinajstić information content (AvgIpc) is 3.79. The van der Waals surface area contributed by atoms with Crippen molar-refractivity contribution in [3.8, 4) is 5.75 Å². The van der Waals surface area contributed by atoms with Crippen LogP contribution in [0.3, 0.4) is 0 Å². The van der Waals surface area contributed by atoms with Crippen LogP contribution in [0.1, 0.15) is 68.3 Å². The molecule has 0 aromatic heterocycles. The van der Waals surface area contributed by atoms with Crippen LogP contribution in [0.25, 0.3) is 10.8 Å². The van der Waals surface area contributed by atoms with Gasteiger partial charge in [0.05, 0.1) is 7.11 Å². The molecule has 0 spiro atoms. The van der Waals surface area contributed by atoms with Crippen LogP contribution in [0.15, 0.2) is 66.7 Å². The third-order valence-corrected chi connectivity index (χ3v) is 9.70. The van der Waals surface area contributed by atoms with Crippen molar-refractivity contribution >= 4 is 16.7 Å². The minimum atomic E-state index is 0.0798. The Morgan fingerprint density at radius 3 is 2.59 bits per heavy atom. The summed E-state index contributed by atoms with van der Waals surface area (Å²) in [6, 6.07) is 23.6. The van der Waals surface area contributed by atoms with Crippen LogP contribution in [0.4, 0.5) is 0 Å². The lowest BCUT2D eigenvalue weighted by atomic mass is 9.57. The highest BCUT2D eigenvalue weighted by atomic mass is 16.5. The van der Waals surface area contributed by atoms with Gasteiger partial charge in [-0.1, -0.05) is 56.3 Å². The summed E-state index contributed by atoms with van der Waals surface area (Å²) in [7, 11) is 1.77. The molecule has 6 rings (SSSR count).